The van der Waals surface area contributed by atoms with Crippen LogP contribution in [0.4, 0.5) is 21.8 Å². The van der Waals surface area contributed by atoms with Gasteiger partial charge in [-0.3, -0.25) is 0 Å². The molecule has 0 fully saturated rings. The van der Waals surface area contributed by atoms with Gasteiger partial charge in [-0.15, -0.1) is 0 Å². The molecule has 0 spiro atoms. The van der Waals surface area contributed by atoms with Crippen molar-refractivity contribution in [3.63, 3.8) is 0 Å². The largest absolute Gasteiger partial charge is 0.368 e. The highest BCUT2D eigenvalue weighted by Gasteiger charge is 2.02. The number of rotatable bonds is 2. The number of benzene rings is 1. The Morgan fingerprint density at radius 2 is 1.94 bits per heavy atom. The number of aryl methyl sites for hydroxylation is 2. The number of aromatic nitrogens is 2. The average Bonchev–Trinajstić information content (AvgIpc) is 2.22. The van der Waals surface area contributed by atoms with Gasteiger partial charge in [-0.25, -0.2) is 9.37 Å². The summed E-state index contributed by atoms with van der Waals surface area (Å²) >= 11 is 0. The molecule has 0 atom stereocenters. The molecule has 0 saturated heterocycles. The number of nitrogens with two attached hydrogens (primary N) is 1. The van der Waals surface area contributed by atoms with Crippen molar-refractivity contribution in [2.45, 2.75) is 13.8 Å². The maximum Gasteiger partial charge on any atom is 0.222 e. The number of anilines is 3. The third-order valence-corrected chi connectivity index (χ3v) is 2.32. The van der Waals surface area contributed by atoms with Crippen LogP contribution in [0, 0.1) is 19.7 Å². The zero-order valence-electron chi connectivity index (χ0n) is 9.66. The molecule has 0 aliphatic carbocycles. The first-order chi connectivity index (χ1) is 8.04. The summed E-state index contributed by atoms with van der Waals surface area (Å²) in [4.78, 5) is 7.97. The van der Waals surface area contributed by atoms with Crippen molar-refractivity contribution in [1.82, 2.24) is 9.97 Å². The molecule has 0 radical (unpaired) electrons. The summed E-state index contributed by atoms with van der Waals surface area (Å²) in [6.45, 7) is 3.53. The lowest BCUT2D eigenvalue weighted by Gasteiger charge is -2.07. The Kier molecular flexibility index (Phi) is 2.91. The second kappa shape index (κ2) is 4.37. The molecule has 0 saturated carbocycles. The smallest absolute Gasteiger partial charge is 0.222 e. The van der Waals surface area contributed by atoms with Crippen LogP contribution in [-0.4, -0.2) is 9.97 Å². The van der Waals surface area contributed by atoms with Gasteiger partial charge in [-0.2, -0.15) is 4.98 Å². The van der Waals surface area contributed by atoms with E-state index < -0.39 is 0 Å². The van der Waals surface area contributed by atoms with Crippen molar-refractivity contribution in [2.75, 3.05) is 11.1 Å². The summed E-state index contributed by atoms with van der Waals surface area (Å²) in [7, 11) is 0. The van der Waals surface area contributed by atoms with Crippen molar-refractivity contribution in [1.29, 1.82) is 0 Å². The van der Waals surface area contributed by atoms with Crippen LogP contribution in [0.3, 0.4) is 0 Å². The van der Waals surface area contributed by atoms with Crippen LogP contribution in [0.2, 0.25) is 0 Å². The first-order valence-electron chi connectivity index (χ1n) is 5.19. The molecule has 4 nitrogen and oxygen atoms in total. The van der Waals surface area contributed by atoms with Gasteiger partial charge in [0.25, 0.3) is 0 Å². The SMILES string of the molecule is Cc1cc(Nc2ccc(C)c(F)c2)nc(N)n1. The number of nitrogens with zero attached hydrogens (tertiary/aromatic N) is 2. The molecule has 0 aliphatic heterocycles. The third kappa shape index (κ3) is 2.69. The molecule has 0 amide bonds. The summed E-state index contributed by atoms with van der Waals surface area (Å²) in [6, 6.07) is 6.65. The van der Waals surface area contributed by atoms with Gasteiger partial charge in [0, 0.05) is 17.4 Å². The van der Waals surface area contributed by atoms with Crippen LogP contribution >= 0.6 is 0 Å². The van der Waals surface area contributed by atoms with E-state index in [1.54, 1.807) is 25.1 Å². The first kappa shape index (κ1) is 11.3. The lowest BCUT2D eigenvalue weighted by Crippen LogP contribution is -2.01. The molecular formula is C12H13FN4. The van der Waals surface area contributed by atoms with Crippen LogP contribution in [0.15, 0.2) is 24.3 Å². The van der Waals surface area contributed by atoms with Crippen molar-refractivity contribution < 1.29 is 4.39 Å². The van der Waals surface area contributed by atoms with E-state index in [0.29, 0.717) is 17.1 Å². The van der Waals surface area contributed by atoms with Crippen LogP contribution in [0.25, 0.3) is 0 Å². The Morgan fingerprint density at radius 3 is 2.59 bits per heavy atom. The number of nitrogens with one attached hydrogen (secondary N) is 1. The summed E-state index contributed by atoms with van der Waals surface area (Å²) in [6.07, 6.45) is 0. The molecule has 17 heavy (non-hydrogen) atoms. The lowest BCUT2D eigenvalue weighted by atomic mass is 10.2. The fraction of sp³-hybridized carbons (Fsp3) is 0.167. The van der Waals surface area contributed by atoms with E-state index in [4.69, 9.17) is 5.73 Å². The zero-order chi connectivity index (χ0) is 12.4. The van der Waals surface area contributed by atoms with Gasteiger partial charge in [0.1, 0.15) is 11.6 Å². The van der Waals surface area contributed by atoms with E-state index in [9.17, 15) is 4.39 Å². The van der Waals surface area contributed by atoms with Gasteiger partial charge >= 0.3 is 0 Å². The second-order valence-corrected chi connectivity index (χ2v) is 3.84. The fourth-order valence-electron chi connectivity index (χ4n) is 1.47. The molecule has 5 heteroatoms. The highest BCUT2D eigenvalue weighted by atomic mass is 19.1. The van der Waals surface area contributed by atoms with Gasteiger partial charge < -0.3 is 11.1 Å². The van der Waals surface area contributed by atoms with E-state index in [1.165, 1.54) is 6.07 Å². The molecule has 0 bridgehead atoms. The number of halogens is 1. The quantitative estimate of drug-likeness (QED) is 0.835. The Bertz CT molecular complexity index is 534. The van der Waals surface area contributed by atoms with Crippen LogP contribution in [0.1, 0.15) is 11.3 Å². The molecular weight excluding hydrogens is 219 g/mol. The molecule has 1 aromatic carbocycles. The molecule has 1 aromatic heterocycles. The normalized spacial score (nSPS) is 10.3. The van der Waals surface area contributed by atoms with Gasteiger partial charge in [0.05, 0.1) is 0 Å². The van der Waals surface area contributed by atoms with Crippen molar-refractivity contribution in [3.05, 3.63) is 41.3 Å². The van der Waals surface area contributed by atoms with E-state index in [0.717, 1.165) is 5.69 Å². The minimum absolute atomic E-state index is 0.195. The Balaban J connectivity index is 2.28. The molecule has 88 valence electrons. The second-order valence-electron chi connectivity index (χ2n) is 3.84. The number of nitrogen functional groups attached to an aromatic ring is 1. The van der Waals surface area contributed by atoms with Crippen LogP contribution in [-0.2, 0) is 0 Å². The lowest BCUT2D eigenvalue weighted by molar-refractivity contribution is 0.619. The topological polar surface area (TPSA) is 63.8 Å². The van der Waals surface area contributed by atoms with Crippen molar-refractivity contribution in [3.8, 4) is 0 Å². The van der Waals surface area contributed by atoms with Crippen molar-refractivity contribution in [2.24, 2.45) is 0 Å². The van der Waals surface area contributed by atoms with Crippen molar-refractivity contribution >= 4 is 17.5 Å². The summed E-state index contributed by atoms with van der Waals surface area (Å²) in [5.41, 5.74) is 7.52. The maximum atomic E-state index is 13.3. The summed E-state index contributed by atoms with van der Waals surface area (Å²) in [5, 5.41) is 2.98. The Hall–Kier alpha value is -2.17. The average molecular weight is 232 g/mol. The van der Waals surface area contributed by atoms with Gasteiger partial charge in [0.2, 0.25) is 5.95 Å². The molecule has 0 unspecified atom stereocenters. The minimum Gasteiger partial charge on any atom is -0.368 e. The first-order valence-corrected chi connectivity index (χ1v) is 5.19. The highest BCUT2D eigenvalue weighted by Crippen LogP contribution is 2.18. The predicted octanol–water partition coefficient (Wildman–Crippen LogP) is 2.56. The summed E-state index contributed by atoms with van der Waals surface area (Å²) < 4.78 is 13.3. The minimum atomic E-state index is -0.256. The Morgan fingerprint density at radius 1 is 1.18 bits per heavy atom. The fourth-order valence-corrected chi connectivity index (χ4v) is 1.47. The van der Waals surface area contributed by atoms with E-state index in [1.807, 2.05) is 6.92 Å². The molecule has 3 N–H and O–H groups in total. The maximum absolute atomic E-state index is 13.3. The molecule has 2 aromatic rings. The number of hydrogen-bond donors (Lipinski definition) is 2. The van der Waals surface area contributed by atoms with E-state index in [-0.39, 0.29) is 11.8 Å². The van der Waals surface area contributed by atoms with E-state index >= 15 is 0 Å². The van der Waals surface area contributed by atoms with Crippen LogP contribution in [0.5, 0.6) is 0 Å². The van der Waals surface area contributed by atoms with E-state index in [2.05, 4.69) is 15.3 Å². The standard InChI is InChI=1S/C12H13FN4/c1-7-3-4-9(6-10(7)13)16-11-5-8(2)15-12(14)17-11/h3-6H,1-2H3,(H3,14,15,16,17). The molecule has 0 aliphatic rings. The monoisotopic (exact) mass is 232 g/mol. The summed E-state index contributed by atoms with van der Waals surface area (Å²) in [5.74, 6) is 0.493. The number of hydrogen-bond acceptors (Lipinski definition) is 4. The molecule has 2 rings (SSSR count). The molecule has 1 heterocycles. The van der Waals surface area contributed by atoms with Gasteiger partial charge in [-0.05, 0) is 31.5 Å². The zero-order valence-corrected chi connectivity index (χ0v) is 9.66. The predicted molar refractivity (Wildman–Crippen MR) is 65.6 cm³/mol. The van der Waals surface area contributed by atoms with Crippen LogP contribution < -0.4 is 11.1 Å². The Labute approximate surface area is 98.7 Å². The highest BCUT2D eigenvalue weighted by molar-refractivity contribution is 5.57. The third-order valence-electron chi connectivity index (χ3n) is 2.32. The van der Waals surface area contributed by atoms with Gasteiger partial charge in [-0.1, -0.05) is 6.07 Å². The van der Waals surface area contributed by atoms with Gasteiger partial charge in [0.15, 0.2) is 0 Å².